The highest BCUT2D eigenvalue weighted by Gasteiger charge is 2.38. The van der Waals surface area contributed by atoms with E-state index in [4.69, 9.17) is 32.7 Å². The van der Waals surface area contributed by atoms with Crippen molar-refractivity contribution < 1.29 is 24.2 Å². The molecule has 1 fully saturated rings. The first-order valence-electron chi connectivity index (χ1n) is 16.3. The Labute approximate surface area is 291 Å². The van der Waals surface area contributed by atoms with Crippen molar-refractivity contribution in [2.24, 2.45) is 5.92 Å². The van der Waals surface area contributed by atoms with E-state index < -0.39 is 6.29 Å². The van der Waals surface area contributed by atoms with Gasteiger partial charge in [-0.15, -0.1) is 0 Å². The van der Waals surface area contributed by atoms with Crippen molar-refractivity contribution in [2.75, 3.05) is 6.54 Å². The summed E-state index contributed by atoms with van der Waals surface area (Å²) in [4.78, 5) is 27.5. The van der Waals surface area contributed by atoms with Crippen LogP contribution in [-0.2, 0) is 38.8 Å². The van der Waals surface area contributed by atoms with E-state index in [0.29, 0.717) is 31.2 Å². The van der Waals surface area contributed by atoms with Crippen molar-refractivity contribution in [1.29, 1.82) is 0 Å². The molecule has 5 rings (SSSR count). The Bertz CT molecular complexity index is 1660. The average molecular weight is 694 g/mol. The second-order valence-electron chi connectivity index (χ2n) is 12.2. The number of halogens is 2. The number of nitrogens with zero attached hydrogens (tertiary/aromatic N) is 2. The Morgan fingerprint density at radius 1 is 0.896 bits per heavy atom. The molecule has 1 aromatic heterocycles. The van der Waals surface area contributed by atoms with Crippen LogP contribution >= 0.6 is 23.2 Å². The first kappa shape index (κ1) is 35.6. The van der Waals surface area contributed by atoms with Crippen LogP contribution < -0.4 is 10.6 Å². The van der Waals surface area contributed by atoms with E-state index in [1.54, 1.807) is 10.9 Å². The highest BCUT2D eigenvalue weighted by atomic mass is 35.5. The average Bonchev–Trinajstić information content (AvgIpc) is 3.42. The fraction of sp³-hybridized carbons (Fsp3) is 0.378. The number of aliphatic hydroxyl groups excluding tert-OH is 1. The number of carbonyl (C=O) groups excluding carboxylic acids is 2. The molecular formula is C37H42Cl2N4O5. The van der Waals surface area contributed by atoms with E-state index in [1.165, 1.54) is 6.92 Å². The Kier molecular flexibility index (Phi) is 12.7. The summed E-state index contributed by atoms with van der Waals surface area (Å²) in [5.74, 6) is -0.0432. The lowest BCUT2D eigenvalue weighted by molar-refractivity contribution is -0.276. The van der Waals surface area contributed by atoms with Gasteiger partial charge in [0.05, 0.1) is 31.7 Å². The van der Waals surface area contributed by atoms with E-state index in [1.807, 2.05) is 66.7 Å². The third-order valence-electron chi connectivity index (χ3n) is 8.62. The second kappa shape index (κ2) is 17.1. The van der Waals surface area contributed by atoms with Gasteiger partial charge < -0.3 is 29.8 Å². The molecule has 2 amide bonds. The largest absolute Gasteiger partial charge is 0.392 e. The molecule has 4 atom stereocenters. The number of rotatable bonds is 14. The van der Waals surface area contributed by atoms with Gasteiger partial charge in [-0.05, 0) is 46.7 Å². The summed E-state index contributed by atoms with van der Waals surface area (Å²) in [6.07, 6.45) is 3.46. The number of amides is 2. The van der Waals surface area contributed by atoms with Gasteiger partial charge >= 0.3 is 0 Å². The number of hydrogen-bond donors (Lipinski definition) is 3. The molecule has 0 radical (unpaired) electrons. The number of aromatic nitrogens is 2. The molecule has 3 N–H and O–H groups in total. The van der Waals surface area contributed by atoms with Crippen LogP contribution in [0.2, 0.25) is 10.3 Å². The molecule has 4 aromatic rings. The molecule has 1 aliphatic rings. The summed E-state index contributed by atoms with van der Waals surface area (Å²) in [7, 11) is 0. The number of nitrogens with one attached hydrogen (secondary N) is 2. The zero-order valence-electron chi connectivity index (χ0n) is 27.2. The number of imidazole rings is 1. The van der Waals surface area contributed by atoms with Crippen LogP contribution in [0.25, 0.3) is 11.1 Å². The van der Waals surface area contributed by atoms with Gasteiger partial charge in [-0.25, -0.2) is 4.98 Å². The standard InChI is InChI=1S/C37H42Cl2N4O5/c1-24-32(21-43-23-42-35(38)36(43)39)47-37(48-34(24)29-12-10-26(22-44)11-13-29)30-16-14-28(15-17-30)31-8-6-7-27(19-31)20-41-33(46)9-4-3-5-18-40-25(2)45/h6-8,10-17,19,23-24,32,34,37,44H,3-5,9,18,20-22H2,1-2H3,(H,40,45)(H,41,46). The number of carbonyl (C=O) groups is 2. The van der Waals surface area contributed by atoms with Gasteiger partial charge in [0.2, 0.25) is 11.8 Å². The van der Waals surface area contributed by atoms with E-state index in [2.05, 4.69) is 28.6 Å². The summed E-state index contributed by atoms with van der Waals surface area (Å²) < 4.78 is 14.9. The second-order valence-corrected chi connectivity index (χ2v) is 12.9. The van der Waals surface area contributed by atoms with Gasteiger partial charge in [-0.1, -0.05) is 103 Å². The first-order chi connectivity index (χ1) is 23.2. The number of unbranched alkanes of at least 4 members (excludes halogenated alkanes) is 2. The number of aliphatic hydroxyl groups is 1. The van der Waals surface area contributed by atoms with Gasteiger partial charge in [0.1, 0.15) is 5.15 Å². The monoisotopic (exact) mass is 692 g/mol. The highest BCUT2D eigenvalue weighted by molar-refractivity contribution is 6.40. The minimum Gasteiger partial charge on any atom is -0.392 e. The van der Waals surface area contributed by atoms with Gasteiger partial charge in [0, 0.05) is 37.9 Å². The fourth-order valence-corrected chi connectivity index (χ4v) is 6.14. The zero-order chi connectivity index (χ0) is 34.0. The molecule has 48 heavy (non-hydrogen) atoms. The summed E-state index contributed by atoms with van der Waals surface area (Å²) in [5, 5.41) is 15.9. The van der Waals surface area contributed by atoms with Crippen molar-refractivity contribution in [2.45, 2.75) is 77.7 Å². The Morgan fingerprint density at radius 2 is 1.65 bits per heavy atom. The lowest BCUT2D eigenvalue weighted by atomic mass is 9.90. The van der Waals surface area contributed by atoms with Crippen LogP contribution in [0.15, 0.2) is 79.1 Å². The molecule has 0 spiro atoms. The molecular weight excluding hydrogens is 651 g/mol. The van der Waals surface area contributed by atoms with Crippen LogP contribution in [0.3, 0.4) is 0 Å². The Hall–Kier alpha value is -3.73. The quantitative estimate of drug-likeness (QED) is 0.121. The van der Waals surface area contributed by atoms with Crippen molar-refractivity contribution in [3.63, 3.8) is 0 Å². The number of ether oxygens (including phenoxy) is 2. The summed E-state index contributed by atoms with van der Waals surface area (Å²) in [6, 6.07) is 24.0. The highest BCUT2D eigenvalue weighted by Crippen LogP contribution is 2.42. The molecule has 1 saturated heterocycles. The van der Waals surface area contributed by atoms with Crippen LogP contribution in [-0.4, -0.2) is 39.1 Å². The first-order valence-corrected chi connectivity index (χ1v) is 17.0. The van der Waals surface area contributed by atoms with Gasteiger partial charge in [0.15, 0.2) is 11.4 Å². The normalized spacial score (nSPS) is 19.2. The third-order valence-corrected chi connectivity index (χ3v) is 9.39. The predicted octanol–water partition coefficient (Wildman–Crippen LogP) is 7.15. The molecule has 254 valence electrons. The lowest BCUT2D eigenvalue weighted by Gasteiger charge is -2.41. The number of benzene rings is 3. The molecule has 0 saturated carbocycles. The van der Waals surface area contributed by atoms with E-state index >= 15 is 0 Å². The predicted molar refractivity (Wildman–Crippen MR) is 186 cm³/mol. The minimum atomic E-state index is -0.632. The maximum atomic E-state index is 12.4. The fourth-order valence-electron chi connectivity index (χ4n) is 5.83. The molecule has 11 heteroatoms. The summed E-state index contributed by atoms with van der Waals surface area (Å²) in [6.45, 7) is 5.11. The third kappa shape index (κ3) is 9.45. The molecule has 4 unspecified atom stereocenters. The van der Waals surface area contributed by atoms with Crippen LogP contribution in [0.4, 0.5) is 0 Å². The SMILES string of the molecule is CC(=O)NCCCCCC(=O)NCc1cccc(-c2ccc(C3OC(Cn4cnc(Cl)c4Cl)C(C)C(c4ccc(CO)cc4)O3)cc2)c1. The summed E-state index contributed by atoms with van der Waals surface area (Å²) in [5.41, 5.74) is 5.79. The van der Waals surface area contributed by atoms with Gasteiger partial charge in [0.25, 0.3) is 0 Å². The van der Waals surface area contributed by atoms with Crippen LogP contribution in [0.5, 0.6) is 0 Å². The molecule has 0 aliphatic carbocycles. The zero-order valence-corrected chi connectivity index (χ0v) is 28.7. The minimum absolute atomic E-state index is 0.0189. The Balaban J connectivity index is 1.24. The van der Waals surface area contributed by atoms with Crippen molar-refractivity contribution in [1.82, 2.24) is 20.2 Å². The maximum Gasteiger partial charge on any atom is 0.220 e. The Morgan fingerprint density at radius 3 is 2.33 bits per heavy atom. The molecule has 3 aromatic carbocycles. The molecule has 2 heterocycles. The lowest BCUT2D eigenvalue weighted by Crippen LogP contribution is -2.39. The van der Waals surface area contributed by atoms with Crippen molar-refractivity contribution >= 4 is 35.0 Å². The van der Waals surface area contributed by atoms with Crippen LogP contribution in [0, 0.1) is 5.92 Å². The van der Waals surface area contributed by atoms with Crippen LogP contribution in [0.1, 0.15) is 74.2 Å². The van der Waals surface area contributed by atoms with Crippen molar-refractivity contribution in [3.8, 4) is 11.1 Å². The van der Waals surface area contributed by atoms with E-state index in [0.717, 1.165) is 52.6 Å². The van der Waals surface area contributed by atoms with Gasteiger partial charge in [-0.2, -0.15) is 0 Å². The molecule has 9 nitrogen and oxygen atoms in total. The molecule has 0 bridgehead atoms. The number of hydrogen-bond acceptors (Lipinski definition) is 6. The van der Waals surface area contributed by atoms with E-state index in [9.17, 15) is 14.7 Å². The topological polar surface area (TPSA) is 115 Å². The van der Waals surface area contributed by atoms with Crippen molar-refractivity contribution in [3.05, 3.63) is 112 Å². The van der Waals surface area contributed by atoms with E-state index in [-0.39, 0.29) is 41.7 Å². The smallest absolute Gasteiger partial charge is 0.220 e. The van der Waals surface area contributed by atoms with Gasteiger partial charge in [-0.3, -0.25) is 9.59 Å². The summed E-state index contributed by atoms with van der Waals surface area (Å²) >= 11 is 12.5. The maximum absolute atomic E-state index is 12.4. The molecule has 1 aliphatic heterocycles.